The smallest absolute Gasteiger partial charge is 0.234 e. The summed E-state index contributed by atoms with van der Waals surface area (Å²) in [6.07, 6.45) is 2.65. The molecule has 0 spiro atoms. The number of carbonyl (C=O) groups excluding carboxylic acids is 1. The first-order valence-electron chi connectivity index (χ1n) is 7.86. The highest BCUT2D eigenvalue weighted by Crippen LogP contribution is 2.26. The number of thioether (sulfide) groups is 1. The van der Waals surface area contributed by atoms with Crippen LogP contribution in [-0.2, 0) is 11.2 Å². The largest absolute Gasteiger partial charge is 0.394 e. The highest BCUT2D eigenvalue weighted by molar-refractivity contribution is 7.99. The van der Waals surface area contributed by atoms with Crippen molar-refractivity contribution in [1.82, 2.24) is 10.2 Å². The molecule has 1 heterocycles. The summed E-state index contributed by atoms with van der Waals surface area (Å²) in [6, 6.07) is 10.3. The average Bonchev–Trinajstić information content (AvgIpc) is 2.54. The molecule has 1 aliphatic rings. The Balaban J connectivity index is 1.75. The Labute approximate surface area is 137 Å². The van der Waals surface area contributed by atoms with E-state index in [4.69, 9.17) is 0 Å². The molecule has 0 bridgehead atoms. The van der Waals surface area contributed by atoms with Crippen LogP contribution < -0.4 is 5.32 Å². The van der Waals surface area contributed by atoms with Crippen LogP contribution in [0.25, 0.3) is 0 Å². The van der Waals surface area contributed by atoms with Crippen molar-refractivity contribution in [2.24, 2.45) is 0 Å². The predicted octanol–water partition coefficient (Wildman–Crippen LogP) is 1.54. The van der Waals surface area contributed by atoms with Gasteiger partial charge < -0.3 is 10.4 Å². The zero-order valence-electron chi connectivity index (χ0n) is 13.3. The highest BCUT2D eigenvalue weighted by Gasteiger charge is 2.33. The van der Waals surface area contributed by atoms with Crippen molar-refractivity contribution < 1.29 is 9.90 Å². The fraction of sp³-hybridized carbons (Fsp3) is 0.588. The Morgan fingerprint density at radius 2 is 2.00 bits per heavy atom. The van der Waals surface area contributed by atoms with E-state index in [2.05, 4.69) is 17.4 Å². The van der Waals surface area contributed by atoms with E-state index in [1.165, 1.54) is 5.56 Å². The maximum absolute atomic E-state index is 12.2. The summed E-state index contributed by atoms with van der Waals surface area (Å²) in [6.45, 7) is 1.26. The Bertz CT molecular complexity index is 461. The molecular weight excluding hydrogens is 296 g/mol. The third-order valence-corrected chi connectivity index (χ3v) is 5.18. The Morgan fingerprint density at radius 3 is 2.64 bits per heavy atom. The van der Waals surface area contributed by atoms with Crippen LogP contribution in [0, 0.1) is 0 Å². The van der Waals surface area contributed by atoms with Gasteiger partial charge in [0.2, 0.25) is 5.91 Å². The third-order valence-electron chi connectivity index (χ3n) is 4.20. The second kappa shape index (κ2) is 8.56. The van der Waals surface area contributed by atoms with Crippen LogP contribution >= 0.6 is 11.8 Å². The third kappa shape index (κ3) is 5.30. The van der Waals surface area contributed by atoms with Gasteiger partial charge in [0.05, 0.1) is 18.7 Å². The summed E-state index contributed by atoms with van der Waals surface area (Å²) >= 11 is 1.89. The van der Waals surface area contributed by atoms with Gasteiger partial charge in [-0.1, -0.05) is 30.3 Å². The topological polar surface area (TPSA) is 52.6 Å². The normalized spacial score (nSPS) is 17.4. The van der Waals surface area contributed by atoms with E-state index in [9.17, 15) is 9.90 Å². The minimum atomic E-state index is -0.400. The minimum absolute atomic E-state index is 0.0107. The van der Waals surface area contributed by atoms with Gasteiger partial charge >= 0.3 is 0 Å². The predicted molar refractivity (Wildman–Crippen MR) is 92.2 cm³/mol. The van der Waals surface area contributed by atoms with E-state index in [1.54, 1.807) is 0 Å². The van der Waals surface area contributed by atoms with E-state index >= 15 is 0 Å². The number of likely N-dealkylation sites (N-methyl/N-ethyl adjacent to an activating group) is 1. The summed E-state index contributed by atoms with van der Waals surface area (Å²) < 4.78 is 0. The van der Waals surface area contributed by atoms with E-state index in [0.717, 1.165) is 37.3 Å². The molecule has 2 rings (SSSR count). The monoisotopic (exact) mass is 322 g/mol. The second-order valence-electron chi connectivity index (χ2n) is 6.07. The number of aliphatic hydroxyl groups is 1. The van der Waals surface area contributed by atoms with Crippen molar-refractivity contribution in [1.29, 1.82) is 0 Å². The number of hydrogen-bond donors (Lipinski definition) is 2. The Hall–Kier alpha value is -1.04. The van der Waals surface area contributed by atoms with Crippen LogP contribution in [0.3, 0.4) is 0 Å². The maximum atomic E-state index is 12.2. The summed E-state index contributed by atoms with van der Waals surface area (Å²) in [7, 11) is 1.96. The zero-order valence-corrected chi connectivity index (χ0v) is 14.1. The number of nitrogens with one attached hydrogen (secondary N) is 1. The lowest BCUT2D eigenvalue weighted by Gasteiger charge is -2.36. The first kappa shape index (κ1) is 17.3. The number of hydrogen-bond acceptors (Lipinski definition) is 4. The van der Waals surface area contributed by atoms with Crippen LogP contribution in [0.1, 0.15) is 18.4 Å². The van der Waals surface area contributed by atoms with Crippen LogP contribution in [-0.4, -0.2) is 59.7 Å². The van der Waals surface area contributed by atoms with E-state index in [-0.39, 0.29) is 12.5 Å². The van der Waals surface area contributed by atoms with Crippen LogP contribution in [0.5, 0.6) is 0 Å². The van der Waals surface area contributed by atoms with Gasteiger partial charge in [-0.2, -0.15) is 11.8 Å². The molecule has 0 saturated carbocycles. The summed E-state index contributed by atoms with van der Waals surface area (Å²) in [5.41, 5.74) is 0.883. The fourth-order valence-corrected chi connectivity index (χ4v) is 3.98. The van der Waals surface area contributed by atoms with Crippen molar-refractivity contribution in [2.45, 2.75) is 24.8 Å². The molecular formula is C17H26N2O2S. The van der Waals surface area contributed by atoms with Gasteiger partial charge in [-0.15, -0.1) is 0 Å². The molecule has 1 saturated heterocycles. The quantitative estimate of drug-likeness (QED) is 0.799. The number of nitrogens with zero attached hydrogens (tertiary/aromatic N) is 1. The first-order chi connectivity index (χ1) is 10.6. The van der Waals surface area contributed by atoms with Crippen molar-refractivity contribution in [3.05, 3.63) is 35.9 Å². The summed E-state index contributed by atoms with van der Waals surface area (Å²) in [5, 5.41) is 12.7. The van der Waals surface area contributed by atoms with Crippen LogP contribution in [0.4, 0.5) is 0 Å². The number of aliphatic hydroxyl groups excluding tert-OH is 1. The molecule has 1 aromatic rings. The molecule has 1 aliphatic heterocycles. The fourth-order valence-electron chi connectivity index (χ4n) is 2.71. The van der Waals surface area contributed by atoms with Crippen molar-refractivity contribution in [3.63, 3.8) is 0 Å². The van der Waals surface area contributed by atoms with E-state index in [0.29, 0.717) is 6.54 Å². The molecule has 122 valence electrons. The average molecular weight is 322 g/mol. The number of amides is 1. The molecule has 1 amide bonds. The molecule has 1 aromatic carbocycles. The number of benzene rings is 1. The zero-order chi connectivity index (χ0) is 15.8. The molecule has 4 nitrogen and oxygen atoms in total. The van der Waals surface area contributed by atoms with Crippen LogP contribution in [0.15, 0.2) is 30.3 Å². The van der Waals surface area contributed by atoms with Crippen molar-refractivity contribution >= 4 is 17.7 Å². The molecule has 0 aromatic heterocycles. The lowest BCUT2D eigenvalue weighted by Crippen LogP contribution is -2.55. The first-order valence-corrected chi connectivity index (χ1v) is 9.01. The van der Waals surface area contributed by atoms with Gasteiger partial charge in [-0.05, 0) is 43.4 Å². The Kier molecular flexibility index (Phi) is 6.73. The van der Waals surface area contributed by atoms with Gasteiger partial charge in [0.1, 0.15) is 0 Å². The molecule has 5 heteroatoms. The molecule has 0 atom stereocenters. The van der Waals surface area contributed by atoms with Gasteiger partial charge in [0.25, 0.3) is 0 Å². The van der Waals surface area contributed by atoms with Crippen molar-refractivity contribution in [3.8, 4) is 0 Å². The van der Waals surface area contributed by atoms with E-state index < -0.39 is 5.54 Å². The lowest BCUT2D eigenvalue weighted by molar-refractivity contribution is -0.124. The SMILES string of the molecule is CN(CCc1ccccc1)CC(=O)NC1(CO)CCSCC1. The molecule has 22 heavy (non-hydrogen) atoms. The van der Waals surface area contributed by atoms with Crippen molar-refractivity contribution in [2.75, 3.05) is 38.2 Å². The number of rotatable bonds is 7. The maximum Gasteiger partial charge on any atom is 0.234 e. The molecule has 0 unspecified atom stereocenters. The highest BCUT2D eigenvalue weighted by atomic mass is 32.2. The molecule has 0 radical (unpaired) electrons. The molecule has 1 fully saturated rings. The molecule has 0 aliphatic carbocycles. The number of carbonyl (C=O) groups is 1. The Morgan fingerprint density at radius 1 is 1.32 bits per heavy atom. The molecule has 2 N–H and O–H groups in total. The summed E-state index contributed by atoms with van der Waals surface area (Å²) in [5.74, 6) is 2.02. The van der Waals surface area contributed by atoms with E-state index in [1.807, 2.05) is 41.9 Å². The second-order valence-corrected chi connectivity index (χ2v) is 7.30. The van der Waals surface area contributed by atoms with Gasteiger partial charge in [-0.25, -0.2) is 0 Å². The van der Waals surface area contributed by atoms with Gasteiger partial charge in [-0.3, -0.25) is 9.69 Å². The minimum Gasteiger partial charge on any atom is -0.394 e. The lowest BCUT2D eigenvalue weighted by atomic mass is 9.93. The van der Waals surface area contributed by atoms with Gasteiger partial charge in [0, 0.05) is 6.54 Å². The van der Waals surface area contributed by atoms with Gasteiger partial charge in [0.15, 0.2) is 0 Å². The summed E-state index contributed by atoms with van der Waals surface area (Å²) in [4.78, 5) is 14.3. The standard InChI is InChI=1S/C17H26N2O2S/c1-19(10-7-15-5-3-2-4-6-15)13-16(21)18-17(14-20)8-11-22-12-9-17/h2-6,20H,7-14H2,1H3,(H,18,21). The van der Waals surface area contributed by atoms with Crippen LogP contribution in [0.2, 0.25) is 0 Å².